The molecule has 6 heteroatoms. The van der Waals surface area contributed by atoms with E-state index in [0.717, 1.165) is 24.8 Å². The molecule has 182 valence electrons. The SMILES string of the molecule is CCCCCCCCCCNC1CCOCC1.O=C(O)c1cccc(-c2cccc(Cl)c2)n1. The second kappa shape index (κ2) is 16.6. The van der Waals surface area contributed by atoms with Crippen molar-refractivity contribution in [2.24, 2.45) is 0 Å². The molecular weight excluding hydrogens is 436 g/mol. The van der Waals surface area contributed by atoms with E-state index in [4.69, 9.17) is 21.4 Å². The molecule has 2 N–H and O–H groups in total. The number of ether oxygens (including phenoxy) is 1. The fourth-order valence-corrected chi connectivity index (χ4v) is 4.02. The number of unbranched alkanes of at least 4 members (excludes halogenated alkanes) is 7. The number of carboxylic acid groups (broad SMARTS) is 1. The number of halogens is 1. The highest BCUT2D eigenvalue weighted by Crippen LogP contribution is 2.21. The molecule has 1 aromatic carbocycles. The van der Waals surface area contributed by atoms with Crippen LogP contribution in [0.15, 0.2) is 42.5 Å². The van der Waals surface area contributed by atoms with Gasteiger partial charge in [-0.05, 0) is 50.1 Å². The van der Waals surface area contributed by atoms with E-state index in [0.29, 0.717) is 10.7 Å². The maximum atomic E-state index is 10.8. The largest absolute Gasteiger partial charge is 0.477 e. The first-order valence-electron chi connectivity index (χ1n) is 12.4. The molecule has 1 aliphatic rings. The number of nitrogens with zero attached hydrogens (tertiary/aromatic N) is 1. The van der Waals surface area contributed by atoms with Crippen LogP contribution in [0.5, 0.6) is 0 Å². The molecule has 0 aliphatic carbocycles. The summed E-state index contributed by atoms with van der Waals surface area (Å²) in [6.07, 6.45) is 13.7. The van der Waals surface area contributed by atoms with E-state index >= 15 is 0 Å². The van der Waals surface area contributed by atoms with Gasteiger partial charge in [-0.1, -0.05) is 81.7 Å². The minimum Gasteiger partial charge on any atom is -0.477 e. The molecule has 2 heterocycles. The lowest BCUT2D eigenvalue weighted by molar-refractivity contribution is 0.0690. The van der Waals surface area contributed by atoms with Crippen molar-refractivity contribution in [1.29, 1.82) is 0 Å². The maximum Gasteiger partial charge on any atom is 0.354 e. The van der Waals surface area contributed by atoms with Crippen LogP contribution in [-0.4, -0.2) is 41.9 Å². The Morgan fingerprint density at radius 2 is 1.70 bits per heavy atom. The molecule has 0 unspecified atom stereocenters. The van der Waals surface area contributed by atoms with Gasteiger partial charge in [-0.2, -0.15) is 0 Å². The maximum absolute atomic E-state index is 10.8. The van der Waals surface area contributed by atoms with E-state index < -0.39 is 5.97 Å². The number of benzene rings is 1. The topological polar surface area (TPSA) is 71.5 Å². The van der Waals surface area contributed by atoms with Crippen LogP contribution in [0.25, 0.3) is 11.3 Å². The Balaban J connectivity index is 0.000000234. The first-order chi connectivity index (χ1) is 16.1. The van der Waals surface area contributed by atoms with Gasteiger partial charge < -0.3 is 15.2 Å². The third kappa shape index (κ3) is 11.6. The van der Waals surface area contributed by atoms with Crippen LogP contribution in [0.3, 0.4) is 0 Å². The number of pyridine rings is 1. The zero-order valence-corrected chi connectivity index (χ0v) is 20.7. The summed E-state index contributed by atoms with van der Waals surface area (Å²) >= 11 is 5.85. The molecule has 0 amide bonds. The van der Waals surface area contributed by atoms with Crippen LogP contribution in [0.4, 0.5) is 0 Å². The van der Waals surface area contributed by atoms with Gasteiger partial charge in [0.15, 0.2) is 0 Å². The number of rotatable bonds is 12. The van der Waals surface area contributed by atoms with E-state index in [-0.39, 0.29) is 5.69 Å². The summed E-state index contributed by atoms with van der Waals surface area (Å²) in [4.78, 5) is 14.8. The number of carboxylic acids is 1. The van der Waals surface area contributed by atoms with E-state index in [1.165, 1.54) is 76.8 Å². The molecule has 33 heavy (non-hydrogen) atoms. The summed E-state index contributed by atoms with van der Waals surface area (Å²) in [5.74, 6) is -1.04. The lowest BCUT2D eigenvalue weighted by Crippen LogP contribution is -2.35. The fraction of sp³-hybridized carbons (Fsp3) is 0.556. The molecule has 1 saturated heterocycles. The number of nitrogens with one attached hydrogen (secondary N) is 1. The lowest BCUT2D eigenvalue weighted by atomic mass is 10.1. The van der Waals surface area contributed by atoms with Crippen molar-refractivity contribution < 1.29 is 14.6 Å². The van der Waals surface area contributed by atoms with Gasteiger partial charge in [0.2, 0.25) is 0 Å². The van der Waals surface area contributed by atoms with Crippen LogP contribution >= 0.6 is 11.6 Å². The standard InChI is InChI=1S/C15H31NO.C12H8ClNO2/c1-2-3-4-5-6-7-8-9-12-16-15-10-13-17-14-11-15;13-9-4-1-3-8(7-9)10-5-2-6-11(14-10)12(15)16/h15-16H,2-14H2,1H3;1-7H,(H,15,16). The second-order valence-corrected chi connectivity index (χ2v) is 8.98. The number of hydrogen-bond acceptors (Lipinski definition) is 4. The Labute approximate surface area is 203 Å². The van der Waals surface area contributed by atoms with Crippen molar-refractivity contribution in [1.82, 2.24) is 10.3 Å². The van der Waals surface area contributed by atoms with Crippen molar-refractivity contribution >= 4 is 17.6 Å². The van der Waals surface area contributed by atoms with Crippen molar-refractivity contribution in [3.63, 3.8) is 0 Å². The third-order valence-electron chi connectivity index (χ3n) is 5.77. The van der Waals surface area contributed by atoms with Crippen LogP contribution in [0, 0.1) is 0 Å². The highest BCUT2D eigenvalue weighted by atomic mass is 35.5. The van der Waals surface area contributed by atoms with Crippen LogP contribution in [0.2, 0.25) is 5.02 Å². The van der Waals surface area contributed by atoms with Gasteiger partial charge in [0, 0.05) is 29.8 Å². The minimum atomic E-state index is -1.04. The highest BCUT2D eigenvalue weighted by molar-refractivity contribution is 6.30. The Morgan fingerprint density at radius 1 is 1.03 bits per heavy atom. The van der Waals surface area contributed by atoms with E-state index in [2.05, 4.69) is 17.2 Å². The molecule has 0 radical (unpaired) electrons. The monoisotopic (exact) mass is 474 g/mol. The van der Waals surface area contributed by atoms with Crippen LogP contribution in [-0.2, 0) is 4.74 Å². The average molecular weight is 475 g/mol. The summed E-state index contributed by atoms with van der Waals surface area (Å²) in [6.45, 7) is 5.39. The number of hydrogen-bond donors (Lipinski definition) is 2. The number of aromatic nitrogens is 1. The quantitative estimate of drug-likeness (QED) is 0.324. The van der Waals surface area contributed by atoms with Gasteiger partial charge >= 0.3 is 5.97 Å². The summed E-state index contributed by atoms with van der Waals surface area (Å²) < 4.78 is 5.35. The number of carbonyl (C=O) groups is 1. The third-order valence-corrected chi connectivity index (χ3v) is 6.01. The zero-order chi connectivity index (χ0) is 23.7. The number of aromatic carboxylic acids is 1. The normalized spacial score (nSPS) is 13.9. The molecule has 0 bridgehead atoms. The predicted octanol–water partition coefficient (Wildman–Crippen LogP) is 7.00. The molecule has 5 nitrogen and oxygen atoms in total. The smallest absolute Gasteiger partial charge is 0.354 e. The van der Waals surface area contributed by atoms with Crippen LogP contribution < -0.4 is 5.32 Å². The van der Waals surface area contributed by atoms with Gasteiger partial charge in [-0.25, -0.2) is 9.78 Å². The predicted molar refractivity (Wildman–Crippen MR) is 136 cm³/mol. The zero-order valence-electron chi connectivity index (χ0n) is 19.9. The van der Waals surface area contributed by atoms with Crippen molar-refractivity contribution in [2.75, 3.05) is 19.8 Å². The second-order valence-electron chi connectivity index (χ2n) is 8.54. The van der Waals surface area contributed by atoms with Gasteiger partial charge in [-0.3, -0.25) is 0 Å². The Bertz CT molecular complexity index is 809. The van der Waals surface area contributed by atoms with Gasteiger partial charge in [0.25, 0.3) is 0 Å². The molecule has 1 aliphatic heterocycles. The molecule has 2 aromatic rings. The van der Waals surface area contributed by atoms with Crippen molar-refractivity contribution in [3.05, 3.63) is 53.2 Å². The summed E-state index contributed by atoms with van der Waals surface area (Å²) in [7, 11) is 0. The average Bonchev–Trinajstić information content (AvgIpc) is 2.84. The molecule has 0 saturated carbocycles. The molecule has 1 aromatic heterocycles. The van der Waals surface area contributed by atoms with Gasteiger partial charge in [0.05, 0.1) is 5.69 Å². The van der Waals surface area contributed by atoms with Crippen molar-refractivity contribution in [3.8, 4) is 11.3 Å². The Hall–Kier alpha value is -1.95. The molecule has 0 atom stereocenters. The first-order valence-corrected chi connectivity index (χ1v) is 12.8. The molecule has 1 fully saturated rings. The van der Waals surface area contributed by atoms with Crippen LogP contribution in [0.1, 0.15) is 81.6 Å². The van der Waals surface area contributed by atoms with E-state index in [1.807, 2.05) is 6.07 Å². The lowest BCUT2D eigenvalue weighted by Gasteiger charge is -2.23. The minimum absolute atomic E-state index is 0.0254. The highest BCUT2D eigenvalue weighted by Gasteiger charge is 2.11. The first kappa shape index (κ1) is 27.3. The molecular formula is C27H39ClN2O3. The molecule has 3 rings (SSSR count). The molecule has 0 spiro atoms. The van der Waals surface area contributed by atoms with E-state index in [1.54, 1.807) is 30.3 Å². The summed E-state index contributed by atoms with van der Waals surface area (Å²) in [6, 6.07) is 12.7. The van der Waals surface area contributed by atoms with E-state index in [9.17, 15) is 4.79 Å². The Morgan fingerprint density at radius 3 is 2.36 bits per heavy atom. The fourth-order valence-electron chi connectivity index (χ4n) is 3.83. The summed E-state index contributed by atoms with van der Waals surface area (Å²) in [5.41, 5.74) is 1.43. The van der Waals surface area contributed by atoms with Crippen molar-refractivity contribution in [2.45, 2.75) is 77.2 Å². The Kier molecular flexibility index (Phi) is 13.8. The summed E-state index contributed by atoms with van der Waals surface area (Å²) in [5, 5.41) is 13.1. The van der Waals surface area contributed by atoms with Gasteiger partial charge in [0.1, 0.15) is 5.69 Å². The van der Waals surface area contributed by atoms with Gasteiger partial charge in [-0.15, -0.1) is 0 Å².